The molecule has 3 heterocycles. The third-order valence-corrected chi connectivity index (χ3v) is 5.78. The van der Waals surface area contributed by atoms with Gasteiger partial charge in [-0.25, -0.2) is 15.0 Å². The largest absolute Gasteiger partial charge is 0.367 e. The van der Waals surface area contributed by atoms with Crippen molar-refractivity contribution in [1.82, 2.24) is 19.9 Å². The maximum Gasteiger partial charge on any atom is 0.139 e. The molecule has 0 unspecified atom stereocenters. The van der Waals surface area contributed by atoms with Crippen molar-refractivity contribution in [2.75, 3.05) is 23.7 Å². The number of hydrogen-bond donors (Lipinski definition) is 2. The molecule has 0 bridgehead atoms. The van der Waals surface area contributed by atoms with Crippen LogP contribution in [0.15, 0.2) is 79.3 Å². The number of nitrogens with one attached hydrogen (secondary N) is 2. The van der Waals surface area contributed by atoms with E-state index in [9.17, 15) is 0 Å². The van der Waals surface area contributed by atoms with Gasteiger partial charge in [0.15, 0.2) is 0 Å². The number of nitrogens with zero attached hydrogens (tertiary/aromatic N) is 4. The number of benzene rings is 2. The first-order valence-corrected chi connectivity index (χ1v) is 10.8. The Morgan fingerprint density at radius 2 is 1.61 bits per heavy atom. The van der Waals surface area contributed by atoms with Crippen LogP contribution in [0.1, 0.15) is 18.4 Å². The number of fused-ring (bicyclic) bond motifs is 1. The molecule has 0 saturated carbocycles. The van der Waals surface area contributed by atoms with Gasteiger partial charge in [0.05, 0.1) is 0 Å². The van der Waals surface area contributed by atoms with E-state index in [2.05, 4.69) is 72.9 Å². The van der Waals surface area contributed by atoms with Crippen LogP contribution in [-0.2, 0) is 6.54 Å². The first-order valence-electron chi connectivity index (χ1n) is 10.8. The molecule has 1 aliphatic heterocycles. The molecule has 31 heavy (non-hydrogen) atoms. The second-order valence-corrected chi connectivity index (χ2v) is 7.97. The van der Waals surface area contributed by atoms with Crippen molar-refractivity contribution in [3.8, 4) is 0 Å². The highest BCUT2D eigenvalue weighted by molar-refractivity contribution is 5.92. The lowest BCUT2D eigenvalue weighted by atomic mass is 10.0. The summed E-state index contributed by atoms with van der Waals surface area (Å²) in [6, 6.07) is 23.3. The quantitative estimate of drug-likeness (QED) is 0.474. The van der Waals surface area contributed by atoms with Gasteiger partial charge in [0.2, 0.25) is 0 Å². The predicted molar refractivity (Wildman–Crippen MR) is 125 cm³/mol. The van der Waals surface area contributed by atoms with Crippen molar-refractivity contribution in [1.29, 1.82) is 0 Å². The molecule has 1 saturated heterocycles. The summed E-state index contributed by atoms with van der Waals surface area (Å²) in [7, 11) is 0. The molecule has 0 atom stereocenters. The van der Waals surface area contributed by atoms with E-state index < -0.39 is 0 Å². The number of likely N-dealkylation sites (tertiary alicyclic amines) is 1. The summed E-state index contributed by atoms with van der Waals surface area (Å²) < 4.78 is 0. The van der Waals surface area contributed by atoms with Gasteiger partial charge in [-0.15, -0.1) is 0 Å². The number of aromatic nitrogens is 3. The first-order chi connectivity index (χ1) is 15.3. The monoisotopic (exact) mass is 410 g/mol. The molecule has 0 amide bonds. The molecule has 1 aliphatic rings. The number of pyridine rings is 1. The first kappa shape index (κ1) is 19.5. The maximum absolute atomic E-state index is 4.49. The molecule has 2 aromatic carbocycles. The highest BCUT2D eigenvalue weighted by Gasteiger charge is 2.19. The smallest absolute Gasteiger partial charge is 0.139 e. The SMILES string of the molecule is c1ccc(CN2CCC(Nc3cc(Nc4nccc5ccccc45)ncn3)CC2)cc1. The molecular formula is C25H26N6. The summed E-state index contributed by atoms with van der Waals surface area (Å²) in [4.78, 5) is 15.8. The van der Waals surface area contributed by atoms with Crippen LogP contribution in [0.5, 0.6) is 0 Å². The minimum atomic E-state index is 0.422. The molecule has 6 heteroatoms. The van der Waals surface area contributed by atoms with E-state index in [1.807, 2.05) is 30.5 Å². The number of anilines is 3. The predicted octanol–water partition coefficient (Wildman–Crippen LogP) is 4.84. The van der Waals surface area contributed by atoms with E-state index in [0.717, 1.165) is 60.7 Å². The van der Waals surface area contributed by atoms with Crippen molar-refractivity contribution in [2.24, 2.45) is 0 Å². The summed E-state index contributed by atoms with van der Waals surface area (Å²) in [6.07, 6.45) is 5.61. The van der Waals surface area contributed by atoms with Gasteiger partial charge in [-0.2, -0.15) is 0 Å². The molecule has 4 aromatic rings. The topological polar surface area (TPSA) is 66.0 Å². The van der Waals surface area contributed by atoms with Crippen molar-refractivity contribution >= 4 is 28.2 Å². The van der Waals surface area contributed by atoms with Crippen LogP contribution in [0, 0.1) is 0 Å². The number of rotatable bonds is 6. The van der Waals surface area contributed by atoms with Crippen molar-refractivity contribution in [2.45, 2.75) is 25.4 Å². The lowest BCUT2D eigenvalue weighted by Crippen LogP contribution is -2.38. The Hall–Kier alpha value is -3.51. The Morgan fingerprint density at radius 3 is 2.48 bits per heavy atom. The third-order valence-electron chi connectivity index (χ3n) is 5.78. The van der Waals surface area contributed by atoms with Gasteiger partial charge < -0.3 is 10.6 Å². The van der Waals surface area contributed by atoms with E-state index in [-0.39, 0.29) is 0 Å². The standard InChI is InChI=1S/C25H26N6/c1-2-6-19(7-3-1)17-31-14-11-21(12-15-31)29-23-16-24(28-18-27-23)30-25-22-9-5-4-8-20(22)10-13-26-25/h1-10,13,16,18,21H,11-12,14-15,17H2,(H2,26,27,28,29,30). The van der Waals surface area contributed by atoms with Gasteiger partial charge in [-0.05, 0) is 29.9 Å². The van der Waals surface area contributed by atoms with E-state index in [1.165, 1.54) is 5.56 Å². The minimum Gasteiger partial charge on any atom is -0.367 e. The summed E-state index contributed by atoms with van der Waals surface area (Å²) in [5.41, 5.74) is 1.38. The van der Waals surface area contributed by atoms with Crippen LogP contribution in [0.3, 0.4) is 0 Å². The summed E-state index contributed by atoms with van der Waals surface area (Å²) in [6.45, 7) is 3.19. The van der Waals surface area contributed by atoms with Crippen LogP contribution < -0.4 is 10.6 Å². The molecule has 5 rings (SSSR count). The average Bonchev–Trinajstić information content (AvgIpc) is 2.82. The van der Waals surface area contributed by atoms with E-state index in [0.29, 0.717) is 6.04 Å². The summed E-state index contributed by atoms with van der Waals surface area (Å²) >= 11 is 0. The van der Waals surface area contributed by atoms with Gasteiger partial charge in [0, 0.05) is 43.3 Å². The summed E-state index contributed by atoms with van der Waals surface area (Å²) in [5, 5.41) is 9.16. The molecule has 2 N–H and O–H groups in total. The van der Waals surface area contributed by atoms with Gasteiger partial charge in [-0.1, -0.05) is 54.6 Å². The average molecular weight is 411 g/mol. The molecule has 1 fully saturated rings. The maximum atomic E-state index is 4.49. The fourth-order valence-corrected chi connectivity index (χ4v) is 4.13. The number of piperidine rings is 1. The lowest BCUT2D eigenvalue weighted by Gasteiger charge is -2.32. The Morgan fingerprint density at radius 1 is 0.839 bits per heavy atom. The van der Waals surface area contributed by atoms with Gasteiger partial charge in [0.1, 0.15) is 23.8 Å². The van der Waals surface area contributed by atoms with E-state index in [1.54, 1.807) is 6.33 Å². The highest BCUT2D eigenvalue weighted by Crippen LogP contribution is 2.24. The molecule has 0 spiro atoms. The molecule has 6 nitrogen and oxygen atoms in total. The zero-order valence-corrected chi connectivity index (χ0v) is 17.4. The van der Waals surface area contributed by atoms with Crippen molar-refractivity contribution in [3.63, 3.8) is 0 Å². The molecule has 156 valence electrons. The van der Waals surface area contributed by atoms with Crippen LogP contribution in [-0.4, -0.2) is 39.0 Å². The van der Waals surface area contributed by atoms with Gasteiger partial charge in [-0.3, -0.25) is 4.90 Å². The second kappa shape index (κ2) is 9.10. The second-order valence-electron chi connectivity index (χ2n) is 7.97. The Labute approximate surface area is 182 Å². The van der Waals surface area contributed by atoms with Crippen molar-refractivity contribution < 1.29 is 0 Å². The van der Waals surface area contributed by atoms with E-state index in [4.69, 9.17) is 0 Å². The zero-order chi connectivity index (χ0) is 20.9. The Kier molecular flexibility index (Phi) is 5.71. The molecule has 0 radical (unpaired) electrons. The molecule has 0 aliphatic carbocycles. The van der Waals surface area contributed by atoms with Crippen molar-refractivity contribution in [3.05, 3.63) is 84.8 Å². The van der Waals surface area contributed by atoms with Crippen LogP contribution in [0.25, 0.3) is 10.8 Å². The highest BCUT2D eigenvalue weighted by atomic mass is 15.2. The van der Waals surface area contributed by atoms with Crippen LogP contribution >= 0.6 is 0 Å². The van der Waals surface area contributed by atoms with E-state index >= 15 is 0 Å². The van der Waals surface area contributed by atoms with Crippen LogP contribution in [0.2, 0.25) is 0 Å². The number of hydrogen-bond acceptors (Lipinski definition) is 6. The van der Waals surface area contributed by atoms with Gasteiger partial charge in [0.25, 0.3) is 0 Å². The van der Waals surface area contributed by atoms with Gasteiger partial charge >= 0.3 is 0 Å². The normalized spacial score (nSPS) is 15.1. The fourth-order valence-electron chi connectivity index (χ4n) is 4.13. The van der Waals surface area contributed by atoms with Crippen LogP contribution in [0.4, 0.5) is 17.5 Å². The fraction of sp³-hybridized carbons (Fsp3) is 0.240. The minimum absolute atomic E-state index is 0.422. The summed E-state index contributed by atoms with van der Waals surface area (Å²) in [5.74, 6) is 2.39. The Bertz CT molecular complexity index is 1130. The molecular weight excluding hydrogens is 384 g/mol. The Balaban J connectivity index is 1.20. The third kappa shape index (κ3) is 4.81. The molecule has 2 aromatic heterocycles. The zero-order valence-electron chi connectivity index (χ0n) is 17.4. The lowest BCUT2D eigenvalue weighted by molar-refractivity contribution is 0.211.